The fourth-order valence-electron chi connectivity index (χ4n) is 2.05. The van der Waals surface area contributed by atoms with Crippen LogP contribution < -0.4 is 0 Å². The Morgan fingerprint density at radius 1 is 1.53 bits per heavy atom. The number of methoxy groups -OCH3 is 1. The number of esters is 1. The van der Waals surface area contributed by atoms with E-state index in [4.69, 9.17) is 9.84 Å². The first kappa shape index (κ1) is 14.0. The van der Waals surface area contributed by atoms with Crippen molar-refractivity contribution >= 4 is 11.9 Å². The molecule has 1 N–H and O–H groups in total. The molecular formula is C12H21NO4. The first-order valence-electron chi connectivity index (χ1n) is 6.08. The van der Waals surface area contributed by atoms with Gasteiger partial charge in [0.05, 0.1) is 19.1 Å². The van der Waals surface area contributed by atoms with Crippen molar-refractivity contribution in [2.45, 2.75) is 38.7 Å². The third-order valence-electron chi connectivity index (χ3n) is 3.08. The maximum absolute atomic E-state index is 11.8. The first-order valence-corrected chi connectivity index (χ1v) is 6.08. The zero-order valence-electron chi connectivity index (χ0n) is 10.5. The molecular weight excluding hydrogens is 222 g/mol. The minimum Gasteiger partial charge on any atom is -0.469 e. The van der Waals surface area contributed by atoms with Crippen molar-refractivity contribution in [3.8, 4) is 0 Å². The van der Waals surface area contributed by atoms with Gasteiger partial charge in [-0.15, -0.1) is 0 Å². The molecule has 1 aliphatic heterocycles. The average molecular weight is 243 g/mol. The minimum absolute atomic E-state index is 0.0134. The topological polar surface area (TPSA) is 66.8 Å². The predicted octanol–water partition coefficient (Wildman–Crippen LogP) is 0.559. The Labute approximate surface area is 102 Å². The van der Waals surface area contributed by atoms with E-state index < -0.39 is 6.10 Å². The van der Waals surface area contributed by atoms with Crippen LogP contribution in [0.2, 0.25) is 0 Å². The van der Waals surface area contributed by atoms with E-state index in [2.05, 4.69) is 0 Å². The highest BCUT2D eigenvalue weighted by Crippen LogP contribution is 2.18. The molecule has 5 heteroatoms. The molecule has 0 aromatic heterocycles. The number of likely N-dealkylation sites (tertiary alicyclic amines) is 1. The maximum atomic E-state index is 11.8. The second-order valence-electron chi connectivity index (χ2n) is 4.59. The second kappa shape index (κ2) is 6.59. The summed E-state index contributed by atoms with van der Waals surface area (Å²) in [5.74, 6) is -0.415. The zero-order valence-corrected chi connectivity index (χ0v) is 10.5. The Balaban J connectivity index is 2.43. The van der Waals surface area contributed by atoms with Crippen molar-refractivity contribution in [1.82, 2.24) is 4.90 Å². The Kier molecular flexibility index (Phi) is 5.41. The molecule has 0 aromatic carbocycles. The Morgan fingerprint density at radius 3 is 2.82 bits per heavy atom. The third kappa shape index (κ3) is 4.34. The van der Waals surface area contributed by atoms with Crippen LogP contribution >= 0.6 is 0 Å². The number of hydrogen-bond donors (Lipinski definition) is 1. The molecule has 98 valence electrons. The van der Waals surface area contributed by atoms with Gasteiger partial charge in [-0.05, 0) is 26.2 Å². The zero-order chi connectivity index (χ0) is 12.8. The molecule has 0 saturated carbocycles. The molecule has 1 rings (SSSR count). The van der Waals surface area contributed by atoms with Gasteiger partial charge in [-0.1, -0.05) is 0 Å². The lowest BCUT2D eigenvalue weighted by Crippen LogP contribution is -2.42. The van der Waals surface area contributed by atoms with Gasteiger partial charge >= 0.3 is 5.97 Å². The summed E-state index contributed by atoms with van der Waals surface area (Å²) in [5.41, 5.74) is 0. The van der Waals surface area contributed by atoms with E-state index in [9.17, 15) is 9.59 Å². The standard InChI is InChI=1S/C12H21NO4/c1-9(14)5-6-11(15)13-7-3-4-10(8-13)12(16)17-2/h9-10,14H,3-8H2,1-2H3. The molecule has 2 unspecified atom stereocenters. The summed E-state index contributed by atoms with van der Waals surface area (Å²) < 4.78 is 4.70. The Bertz CT molecular complexity index is 278. The van der Waals surface area contributed by atoms with Crippen molar-refractivity contribution < 1.29 is 19.4 Å². The van der Waals surface area contributed by atoms with Gasteiger partial charge in [-0.2, -0.15) is 0 Å². The van der Waals surface area contributed by atoms with Crippen LogP contribution in [-0.4, -0.2) is 48.2 Å². The number of carbonyl (C=O) groups excluding carboxylic acids is 2. The van der Waals surface area contributed by atoms with Crippen LogP contribution in [0.15, 0.2) is 0 Å². The number of aliphatic hydroxyl groups excluding tert-OH is 1. The number of ether oxygens (including phenoxy) is 1. The van der Waals surface area contributed by atoms with E-state index >= 15 is 0 Å². The van der Waals surface area contributed by atoms with E-state index in [1.807, 2.05) is 0 Å². The average Bonchev–Trinajstić information content (AvgIpc) is 2.35. The lowest BCUT2D eigenvalue weighted by Gasteiger charge is -2.31. The highest BCUT2D eigenvalue weighted by Gasteiger charge is 2.28. The molecule has 2 atom stereocenters. The highest BCUT2D eigenvalue weighted by molar-refractivity contribution is 5.78. The Morgan fingerprint density at radius 2 is 2.24 bits per heavy atom. The van der Waals surface area contributed by atoms with E-state index in [1.165, 1.54) is 7.11 Å². The van der Waals surface area contributed by atoms with E-state index in [0.29, 0.717) is 25.9 Å². The molecule has 0 spiro atoms. The van der Waals surface area contributed by atoms with E-state index in [0.717, 1.165) is 12.8 Å². The molecule has 1 fully saturated rings. The van der Waals surface area contributed by atoms with Crippen LogP contribution in [0.3, 0.4) is 0 Å². The van der Waals surface area contributed by atoms with Crippen LogP contribution in [0.4, 0.5) is 0 Å². The summed E-state index contributed by atoms with van der Waals surface area (Å²) >= 11 is 0. The molecule has 0 aromatic rings. The van der Waals surface area contributed by atoms with Crippen molar-refractivity contribution in [3.05, 3.63) is 0 Å². The normalized spacial score (nSPS) is 22.1. The van der Waals surface area contributed by atoms with Gasteiger partial charge in [0.25, 0.3) is 0 Å². The maximum Gasteiger partial charge on any atom is 0.310 e. The fourth-order valence-corrected chi connectivity index (χ4v) is 2.05. The molecule has 0 aliphatic carbocycles. The van der Waals surface area contributed by atoms with Crippen molar-refractivity contribution in [3.63, 3.8) is 0 Å². The number of amides is 1. The molecule has 17 heavy (non-hydrogen) atoms. The monoisotopic (exact) mass is 243 g/mol. The number of piperidine rings is 1. The van der Waals surface area contributed by atoms with E-state index in [-0.39, 0.29) is 17.8 Å². The van der Waals surface area contributed by atoms with Gasteiger partial charge in [-0.3, -0.25) is 9.59 Å². The molecule has 0 bridgehead atoms. The van der Waals surface area contributed by atoms with Crippen LogP contribution in [0.25, 0.3) is 0 Å². The fraction of sp³-hybridized carbons (Fsp3) is 0.833. The quantitative estimate of drug-likeness (QED) is 0.733. The second-order valence-corrected chi connectivity index (χ2v) is 4.59. The van der Waals surface area contributed by atoms with Gasteiger partial charge < -0.3 is 14.7 Å². The molecule has 1 heterocycles. The van der Waals surface area contributed by atoms with Crippen LogP contribution in [0.5, 0.6) is 0 Å². The molecule has 1 saturated heterocycles. The van der Waals surface area contributed by atoms with E-state index in [1.54, 1.807) is 11.8 Å². The summed E-state index contributed by atoms with van der Waals surface area (Å²) in [6.07, 6.45) is 1.97. The molecule has 5 nitrogen and oxygen atoms in total. The number of carbonyl (C=O) groups is 2. The minimum atomic E-state index is -0.458. The summed E-state index contributed by atoms with van der Waals surface area (Å²) in [6, 6.07) is 0. The summed E-state index contributed by atoms with van der Waals surface area (Å²) in [4.78, 5) is 24.9. The van der Waals surface area contributed by atoms with Gasteiger partial charge in [-0.25, -0.2) is 0 Å². The number of hydrogen-bond acceptors (Lipinski definition) is 4. The van der Waals surface area contributed by atoms with Crippen LogP contribution in [-0.2, 0) is 14.3 Å². The SMILES string of the molecule is COC(=O)C1CCCN(C(=O)CCC(C)O)C1. The van der Waals surface area contributed by atoms with Gasteiger partial charge in [0.1, 0.15) is 0 Å². The largest absolute Gasteiger partial charge is 0.469 e. The summed E-state index contributed by atoms with van der Waals surface area (Å²) in [7, 11) is 1.37. The van der Waals surface area contributed by atoms with Crippen molar-refractivity contribution in [1.29, 1.82) is 0 Å². The third-order valence-corrected chi connectivity index (χ3v) is 3.08. The smallest absolute Gasteiger partial charge is 0.310 e. The Hall–Kier alpha value is -1.10. The van der Waals surface area contributed by atoms with Gasteiger partial charge in [0, 0.05) is 19.5 Å². The first-order chi connectivity index (χ1) is 8.04. The van der Waals surface area contributed by atoms with Gasteiger partial charge in [0.15, 0.2) is 0 Å². The molecule has 0 radical (unpaired) electrons. The number of aliphatic hydroxyl groups is 1. The summed E-state index contributed by atoms with van der Waals surface area (Å²) in [5, 5.41) is 9.13. The predicted molar refractivity (Wildman–Crippen MR) is 62.2 cm³/mol. The number of nitrogens with zero attached hydrogens (tertiary/aromatic N) is 1. The lowest BCUT2D eigenvalue weighted by atomic mass is 9.98. The highest BCUT2D eigenvalue weighted by atomic mass is 16.5. The van der Waals surface area contributed by atoms with Crippen LogP contribution in [0, 0.1) is 5.92 Å². The van der Waals surface area contributed by atoms with Crippen molar-refractivity contribution in [2.75, 3.05) is 20.2 Å². The van der Waals surface area contributed by atoms with Crippen LogP contribution in [0.1, 0.15) is 32.6 Å². The molecule has 1 amide bonds. The van der Waals surface area contributed by atoms with Crippen molar-refractivity contribution in [2.24, 2.45) is 5.92 Å². The van der Waals surface area contributed by atoms with Gasteiger partial charge in [0.2, 0.25) is 5.91 Å². The molecule has 1 aliphatic rings. The summed E-state index contributed by atoms with van der Waals surface area (Å²) in [6.45, 7) is 2.82. The number of rotatable bonds is 4. The lowest BCUT2D eigenvalue weighted by molar-refractivity contribution is -0.149.